The number of amides is 1. The van der Waals surface area contributed by atoms with Crippen molar-refractivity contribution >= 4 is 22.6 Å². The van der Waals surface area contributed by atoms with E-state index in [0.29, 0.717) is 12.4 Å². The zero-order valence-electron chi connectivity index (χ0n) is 14.1. The van der Waals surface area contributed by atoms with Gasteiger partial charge in [-0.3, -0.25) is 9.78 Å². The second kappa shape index (κ2) is 6.70. The highest BCUT2D eigenvalue weighted by Gasteiger charge is 2.09. The lowest BCUT2D eigenvalue weighted by Crippen LogP contribution is -2.35. The SMILES string of the molecule is Cc1[nH]c2ccc(CNC(=O)CN(C)c3cnccn3)cc2c1C. The summed E-state index contributed by atoms with van der Waals surface area (Å²) in [5.41, 5.74) is 4.64. The first-order valence-corrected chi connectivity index (χ1v) is 7.86. The molecule has 2 N–H and O–H groups in total. The van der Waals surface area contributed by atoms with Crippen molar-refractivity contribution in [1.29, 1.82) is 0 Å². The van der Waals surface area contributed by atoms with Crippen molar-refractivity contribution in [2.24, 2.45) is 0 Å². The van der Waals surface area contributed by atoms with Gasteiger partial charge >= 0.3 is 0 Å². The Labute approximate surface area is 140 Å². The molecule has 6 heteroatoms. The summed E-state index contributed by atoms with van der Waals surface area (Å²) in [6.07, 6.45) is 4.86. The second-order valence-corrected chi connectivity index (χ2v) is 5.95. The van der Waals surface area contributed by atoms with Crippen LogP contribution in [0.1, 0.15) is 16.8 Å². The number of anilines is 1. The Morgan fingerprint density at radius 2 is 2.12 bits per heavy atom. The Kier molecular flexibility index (Phi) is 4.46. The van der Waals surface area contributed by atoms with Crippen molar-refractivity contribution in [2.45, 2.75) is 20.4 Å². The van der Waals surface area contributed by atoms with Gasteiger partial charge in [0.15, 0.2) is 0 Å². The Morgan fingerprint density at radius 1 is 1.29 bits per heavy atom. The van der Waals surface area contributed by atoms with Crippen LogP contribution >= 0.6 is 0 Å². The van der Waals surface area contributed by atoms with Crippen molar-refractivity contribution < 1.29 is 4.79 Å². The van der Waals surface area contributed by atoms with Gasteiger partial charge in [0, 0.05) is 42.6 Å². The fourth-order valence-electron chi connectivity index (χ4n) is 2.66. The van der Waals surface area contributed by atoms with Crippen LogP contribution in [-0.2, 0) is 11.3 Å². The number of carbonyl (C=O) groups excluding carboxylic acids is 1. The number of benzene rings is 1. The van der Waals surface area contributed by atoms with E-state index in [-0.39, 0.29) is 12.5 Å². The van der Waals surface area contributed by atoms with E-state index in [0.717, 1.165) is 11.1 Å². The summed E-state index contributed by atoms with van der Waals surface area (Å²) in [5.74, 6) is 0.623. The average molecular weight is 323 g/mol. The lowest BCUT2D eigenvalue weighted by Gasteiger charge is -2.16. The van der Waals surface area contributed by atoms with Gasteiger partial charge in [0.25, 0.3) is 0 Å². The summed E-state index contributed by atoms with van der Waals surface area (Å²) in [4.78, 5) is 25.4. The molecule has 3 aromatic rings. The Bertz CT molecular complexity index is 856. The first-order valence-electron chi connectivity index (χ1n) is 7.86. The molecule has 2 heterocycles. The molecule has 0 bridgehead atoms. The maximum absolute atomic E-state index is 12.1. The number of H-pyrrole nitrogens is 1. The van der Waals surface area contributed by atoms with E-state index in [2.05, 4.69) is 46.2 Å². The van der Waals surface area contributed by atoms with Gasteiger partial charge in [-0.15, -0.1) is 0 Å². The molecule has 0 aliphatic carbocycles. The van der Waals surface area contributed by atoms with E-state index in [9.17, 15) is 4.79 Å². The number of likely N-dealkylation sites (N-methyl/N-ethyl adjacent to an activating group) is 1. The predicted molar refractivity (Wildman–Crippen MR) is 94.9 cm³/mol. The molecule has 0 aliphatic rings. The van der Waals surface area contributed by atoms with Gasteiger partial charge in [0.2, 0.25) is 5.91 Å². The molecule has 0 saturated heterocycles. The fourth-order valence-corrected chi connectivity index (χ4v) is 2.66. The molecular formula is C18H21N5O. The second-order valence-electron chi connectivity index (χ2n) is 5.95. The summed E-state index contributed by atoms with van der Waals surface area (Å²) in [7, 11) is 1.82. The Morgan fingerprint density at radius 3 is 2.88 bits per heavy atom. The number of hydrogen-bond donors (Lipinski definition) is 2. The van der Waals surface area contributed by atoms with Crippen LogP contribution in [0.4, 0.5) is 5.82 Å². The molecule has 0 fully saturated rings. The van der Waals surface area contributed by atoms with Crippen LogP contribution in [0.3, 0.4) is 0 Å². The van der Waals surface area contributed by atoms with Gasteiger partial charge in [-0.25, -0.2) is 4.98 Å². The average Bonchev–Trinajstić information content (AvgIpc) is 2.88. The van der Waals surface area contributed by atoms with Crippen molar-refractivity contribution in [1.82, 2.24) is 20.3 Å². The topological polar surface area (TPSA) is 73.9 Å². The van der Waals surface area contributed by atoms with E-state index in [1.165, 1.54) is 16.6 Å². The first-order chi connectivity index (χ1) is 11.5. The number of rotatable bonds is 5. The molecular weight excluding hydrogens is 302 g/mol. The third kappa shape index (κ3) is 3.37. The van der Waals surface area contributed by atoms with Gasteiger partial charge in [-0.05, 0) is 37.1 Å². The van der Waals surface area contributed by atoms with Gasteiger partial charge < -0.3 is 15.2 Å². The molecule has 6 nitrogen and oxygen atoms in total. The van der Waals surface area contributed by atoms with Crippen LogP contribution < -0.4 is 10.2 Å². The summed E-state index contributed by atoms with van der Waals surface area (Å²) in [5, 5.41) is 4.16. The van der Waals surface area contributed by atoms with Gasteiger partial charge in [-0.2, -0.15) is 0 Å². The Balaban J connectivity index is 1.61. The monoisotopic (exact) mass is 323 g/mol. The number of hydrogen-bond acceptors (Lipinski definition) is 4. The minimum Gasteiger partial charge on any atom is -0.358 e. The summed E-state index contributed by atoms with van der Waals surface area (Å²) < 4.78 is 0. The molecule has 0 radical (unpaired) electrons. The molecule has 0 spiro atoms. The minimum absolute atomic E-state index is 0.0507. The molecule has 1 amide bonds. The quantitative estimate of drug-likeness (QED) is 0.756. The van der Waals surface area contributed by atoms with E-state index < -0.39 is 0 Å². The lowest BCUT2D eigenvalue weighted by atomic mass is 10.1. The van der Waals surface area contributed by atoms with E-state index in [1.807, 2.05) is 13.1 Å². The van der Waals surface area contributed by atoms with E-state index in [1.54, 1.807) is 23.5 Å². The van der Waals surface area contributed by atoms with Crippen LogP contribution in [0.2, 0.25) is 0 Å². The zero-order valence-corrected chi connectivity index (χ0v) is 14.1. The van der Waals surface area contributed by atoms with Crippen LogP contribution in [0, 0.1) is 13.8 Å². The zero-order chi connectivity index (χ0) is 17.1. The lowest BCUT2D eigenvalue weighted by molar-refractivity contribution is -0.119. The largest absolute Gasteiger partial charge is 0.358 e. The van der Waals surface area contributed by atoms with Crippen molar-refractivity contribution in [3.8, 4) is 0 Å². The van der Waals surface area contributed by atoms with E-state index >= 15 is 0 Å². The molecule has 0 saturated carbocycles. The number of nitrogens with zero attached hydrogens (tertiary/aromatic N) is 3. The highest BCUT2D eigenvalue weighted by molar-refractivity contribution is 5.85. The molecule has 0 aliphatic heterocycles. The maximum Gasteiger partial charge on any atom is 0.239 e. The minimum atomic E-state index is -0.0507. The Hall–Kier alpha value is -2.89. The third-order valence-corrected chi connectivity index (χ3v) is 4.18. The maximum atomic E-state index is 12.1. The van der Waals surface area contributed by atoms with Crippen LogP contribution in [0.15, 0.2) is 36.8 Å². The number of aromatic amines is 1. The highest BCUT2D eigenvalue weighted by Crippen LogP contribution is 2.22. The summed E-state index contributed by atoms with van der Waals surface area (Å²) in [6, 6.07) is 6.22. The molecule has 0 unspecified atom stereocenters. The normalized spacial score (nSPS) is 10.8. The molecule has 24 heavy (non-hydrogen) atoms. The standard InChI is InChI=1S/C18H21N5O/c1-12-13(2)22-16-5-4-14(8-15(12)16)9-21-18(24)11-23(3)17-10-19-6-7-20-17/h4-8,10,22H,9,11H2,1-3H3,(H,21,24). The van der Waals surface area contributed by atoms with Gasteiger partial charge in [-0.1, -0.05) is 6.07 Å². The van der Waals surface area contributed by atoms with E-state index in [4.69, 9.17) is 0 Å². The molecule has 0 atom stereocenters. The smallest absolute Gasteiger partial charge is 0.239 e. The third-order valence-electron chi connectivity index (χ3n) is 4.18. The molecule has 3 rings (SSSR count). The molecule has 124 valence electrons. The number of aryl methyl sites for hydroxylation is 2. The fraction of sp³-hybridized carbons (Fsp3) is 0.278. The molecule has 2 aromatic heterocycles. The van der Waals surface area contributed by atoms with Crippen molar-refractivity contribution in [3.63, 3.8) is 0 Å². The number of carbonyl (C=O) groups is 1. The highest BCUT2D eigenvalue weighted by atomic mass is 16.2. The summed E-state index contributed by atoms with van der Waals surface area (Å²) >= 11 is 0. The number of fused-ring (bicyclic) bond motifs is 1. The first kappa shape index (κ1) is 16.0. The summed E-state index contributed by atoms with van der Waals surface area (Å²) in [6.45, 7) is 4.92. The number of aromatic nitrogens is 3. The van der Waals surface area contributed by atoms with Crippen molar-refractivity contribution in [3.05, 3.63) is 53.6 Å². The van der Waals surface area contributed by atoms with Gasteiger partial charge in [0.05, 0.1) is 12.7 Å². The van der Waals surface area contributed by atoms with Crippen LogP contribution in [-0.4, -0.2) is 34.5 Å². The van der Waals surface area contributed by atoms with Crippen molar-refractivity contribution in [2.75, 3.05) is 18.5 Å². The molecule has 1 aromatic carbocycles. The predicted octanol–water partition coefficient (Wildman–Crippen LogP) is 2.33. The van der Waals surface area contributed by atoms with Crippen LogP contribution in [0.25, 0.3) is 10.9 Å². The van der Waals surface area contributed by atoms with Gasteiger partial charge in [0.1, 0.15) is 5.82 Å². The van der Waals surface area contributed by atoms with Crippen LogP contribution in [0.5, 0.6) is 0 Å². The number of nitrogens with one attached hydrogen (secondary N) is 2.